The minimum Gasteiger partial charge on any atom is -0.481 e. The zero-order valence-electron chi connectivity index (χ0n) is 24.2. The number of nitrogens with one attached hydrogen (secondary N) is 1. The summed E-state index contributed by atoms with van der Waals surface area (Å²) < 4.78 is 13.1. The second-order valence-corrected chi connectivity index (χ2v) is 11.4. The first-order chi connectivity index (χ1) is 20.9. The Balaban J connectivity index is 1.30. The van der Waals surface area contributed by atoms with Crippen LogP contribution in [0.3, 0.4) is 0 Å². The van der Waals surface area contributed by atoms with Gasteiger partial charge in [-0.2, -0.15) is 0 Å². The van der Waals surface area contributed by atoms with Gasteiger partial charge < -0.3 is 30.1 Å². The minimum atomic E-state index is -0.902. The first kappa shape index (κ1) is 30.8. The van der Waals surface area contributed by atoms with Gasteiger partial charge in [-0.1, -0.05) is 60.7 Å². The van der Waals surface area contributed by atoms with Crippen LogP contribution < -0.4 is 5.32 Å². The van der Waals surface area contributed by atoms with Crippen LogP contribution in [0.15, 0.2) is 72.8 Å². The number of benzene rings is 3. The fourth-order valence-corrected chi connectivity index (χ4v) is 5.71. The normalized spacial score (nSPS) is 22.4. The Labute approximate surface area is 252 Å². The third kappa shape index (κ3) is 8.72. The van der Waals surface area contributed by atoms with Crippen molar-refractivity contribution >= 4 is 11.9 Å². The van der Waals surface area contributed by atoms with Crippen LogP contribution >= 0.6 is 0 Å². The molecule has 0 aliphatic carbocycles. The van der Waals surface area contributed by atoms with Crippen molar-refractivity contribution in [1.82, 2.24) is 10.2 Å². The van der Waals surface area contributed by atoms with Crippen LogP contribution in [0.5, 0.6) is 0 Å². The average molecular weight is 589 g/mol. The van der Waals surface area contributed by atoms with Crippen molar-refractivity contribution in [2.75, 3.05) is 19.6 Å². The molecule has 1 amide bonds. The van der Waals surface area contributed by atoms with Gasteiger partial charge in [0, 0.05) is 51.0 Å². The molecule has 4 atom stereocenters. The van der Waals surface area contributed by atoms with Crippen LogP contribution in [0.1, 0.15) is 66.8 Å². The van der Waals surface area contributed by atoms with Gasteiger partial charge >= 0.3 is 5.97 Å². The number of aliphatic carboxylic acids is 1. The molecular weight excluding hydrogens is 548 g/mol. The fourth-order valence-electron chi connectivity index (χ4n) is 5.71. The summed E-state index contributed by atoms with van der Waals surface area (Å²) in [5.74, 6) is -1.07. The summed E-state index contributed by atoms with van der Waals surface area (Å²) >= 11 is 0. The Bertz CT molecular complexity index is 1380. The molecule has 0 radical (unpaired) electrons. The third-order valence-corrected chi connectivity index (χ3v) is 8.03. The van der Waals surface area contributed by atoms with E-state index in [1.54, 1.807) is 0 Å². The van der Waals surface area contributed by atoms with E-state index in [0.717, 1.165) is 46.3 Å². The maximum Gasteiger partial charge on any atom is 0.303 e. The Morgan fingerprint density at radius 2 is 1.67 bits per heavy atom. The molecule has 2 aliphatic rings. The largest absolute Gasteiger partial charge is 0.481 e. The van der Waals surface area contributed by atoms with Crippen molar-refractivity contribution in [3.63, 3.8) is 0 Å². The molecule has 2 aliphatic heterocycles. The summed E-state index contributed by atoms with van der Waals surface area (Å²) in [6.45, 7) is 2.56. The van der Waals surface area contributed by atoms with Crippen LogP contribution in [-0.2, 0) is 32.2 Å². The summed E-state index contributed by atoms with van der Waals surface area (Å²) in [5, 5.41) is 31.2. The Morgan fingerprint density at radius 1 is 0.907 bits per heavy atom. The summed E-state index contributed by atoms with van der Waals surface area (Å²) in [5.41, 5.74) is 5.71. The topological polar surface area (TPSA) is 129 Å². The second-order valence-electron chi connectivity index (χ2n) is 11.4. The molecule has 0 aromatic heterocycles. The van der Waals surface area contributed by atoms with Crippen LogP contribution in [0.25, 0.3) is 11.1 Å². The molecule has 4 N–H and O–H groups in total. The van der Waals surface area contributed by atoms with Crippen molar-refractivity contribution in [3.8, 4) is 11.1 Å². The molecule has 9 nitrogen and oxygen atoms in total. The first-order valence-electron chi connectivity index (χ1n) is 14.9. The van der Waals surface area contributed by atoms with Gasteiger partial charge in [0.25, 0.3) is 0 Å². The van der Waals surface area contributed by atoms with Gasteiger partial charge in [-0.05, 0) is 52.8 Å². The SMILES string of the molecule is O=C(O)CCCC(=O)NCc1cccc(-c2cccc(C3OC(CN4CCC(O)C4)CC(c4ccc(CO)cc4)O3)c2)c1. The van der Waals surface area contributed by atoms with E-state index in [-0.39, 0.29) is 43.7 Å². The van der Waals surface area contributed by atoms with Gasteiger partial charge in [-0.15, -0.1) is 0 Å². The summed E-state index contributed by atoms with van der Waals surface area (Å²) in [7, 11) is 0. The minimum absolute atomic E-state index is 0.00932. The lowest BCUT2D eigenvalue weighted by Crippen LogP contribution is -2.38. The van der Waals surface area contributed by atoms with E-state index < -0.39 is 12.3 Å². The third-order valence-electron chi connectivity index (χ3n) is 8.03. The number of hydrogen-bond acceptors (Lipinski definition) is 7. The molecule has 3 aromatic rings. The zero-order valence-corrected chi connectivity index (χ0v) is 24.2. The van der Waals surface area contributed by atoms with Gasteiger partial charge in [0.2, 0.25) is 5.91 Å². The van der Waals surface area contributed by atoms with Crippen LogP contribution in [0.2, 0.25) is 0 Å². The summed E-state index contributed by atoms with van der Waals surface area (Å²) in [4.78, 5) is 25.1. The van der Waals surface area contributed by atoms with E-state index in [2.05, 4.69) is 16.3 Å². The number of amides is 1. The number of aliphatic hydroxyl groups is 2. The Hall–Kier alpha value is -3.60. The summed E-state index contributed by atoms with van der Waals surface area (Å²) in [6.07, 6.45) is 0.785. The predicted octanol–water partition coefficient (Wildman–Crippen LogP) is 4.33. The molecule has 43 heavy (non-hydrogen) atoms. The molecule has 0 bridgehead atoms. The number of hydrogen-bond donors (Lipinski definition) is 4. The Kier molecular flexibility index (Phi) is 10.6. The highest BCUT2D eigenvalue weighted by Crippen LogP contribution is 2.39. The predicted molar refractivity (Wildman–Crippen MR) is 161 cm³/mol. The first-order valence-corrected chi connectivity index (χ1v) is 14.9. The summed E-state index contributed by atoms with van der Waals surface area (Å²) in [6, 6.07) is 23.9. The molecule has 9 heteroatoms. The van der Waals surface area contributed by atoms with E-state index in [9.17, 15) is 19.8 Å². The highest BCUT2D eigenvalue weighted by atomic mass is 16.7. The monoisotopic (exact) mass is 588 g/mol. The van der Waals surface area contributed by atoms with Crippen LogP contribution in [0, 0.1) is 0 Å². The molecule has 3 aromatic carbocycles. The van der Waals surface area contributed by atoms with Crippen molar-refractivity contribution < 1.29 is 34.4 Å². The van der Waals surface area contributed by atoms with Crippen LogP contribution in [-0.4, -0.2) is 63.9 Å². The maximum atomic E-state index is 12.1. The van der Waals surface area contributed by atoms with Crippen molar-refractivity contribution in [1.29, 1.82) is 0 Å². The molecule has 5 rings (SSSR count). The highest BCUT2D eigenvalue weighted by molar-refractivity contribution is 5.76. The molecule has 2 heterocycles. The molecule has 0 spiro atoms. The van der Waals surface area contributed by atoms with Crippen molar-refractivity contribution in [3.05, 3.63) is 95.1 Å². The van der Waals surface area contributed by atoms with Gasteiger partial charge in [0.05, 0.1) is 24.9 Å². The van der Waals surface area contributed by atoms with E-state index in [1.807, 2.05) is 66.7 Å². The van der Waals surface area contributed by atoms with E-state index >= 15 is 0 Å². The molecule has 228 valence electrons. The fraction of sp³-hybridized carbons (Fsp3) is 0.412. The number of rotatable bonds is 12. The maximum absolute atomic E-state index is 12.1. The lowest BCUT2D eigenvalue weighted by Gasteiger charge is -2.38. The van der Waals surface area contributed by atoms with E-state index in [4.69, 9.17) is 14.6 Å². The molecular formula is C34H40N2O7. The number of β-amino-alcohol motifs (C(OH)–C–C–N with tert-alkyl or cyclic N) is 1. The number of ether oxygens (including phenoxy) is 2. The highest BCUT2D eigenvalue weighted by Gasteiger charge is 2.34. The van der Waals surface area contributed by atoms with Gasteiger partial charge in [0.15, 0.2) is 6.29 Å². The zero-order chi connectivity index (χ0) is 30.2. The standard InChI is InChI=1S/C34H40N2O7/c37-22-23-10-12-25(13-11-23)31-18-30(21-36-15-14-29(38)20-36)42-34(43-31)28-7-2-6-27(17-28)26-5-1-4-24(16-26)19-35-32(39)8-3-9-33(40)41/h1-2,4-7,10-13,16-17,29-31,34,37-38H,3,8-9,14-15,18-22H2,(H,35,39)(H,40,41). The molecule has 2 fully saturated rings. The number of nitrogens with zero attached hydrogens (tertiary/aromatic N) is 1. The lowest BCUT2D eigenvalue weighted by atomic mass is 9.98. The van der Waals surface area contributed by atoms with Crippen molar-refractivity contribution in [2.45, 2.75) is 69.9 Å². The van der Waals surface area contributed by atoms with Crippen molar-refractivity contribution in [2.24, 2.45) is 0 Å². The molecule has 4 unspecified atom stereocenters. The number of carboxylic acid groups (broad SMARTS) is 1. The number of likely N-dealkylation sites (tertiary alicyclic amines) is 1. The smallest absolute Gasteiger partial charge is 0.303 e. The van der Waals surface area contributed by atoms with Crippen LogP contribution in [0.4, 0.5) is 0 Å². The average Bonchev–Trinajstić information content (AvgIpc) is 3.44. The van der Waals surface area contributed by atoms with E-state index in [0.29, 0.717) is 32.5 Å². The quantitative estimate of drug-likeness (QED) is 0.246. The lowest BCUT2D eigenvalue weighted by molar-refractivity contribution is -0.252. The number of carboxylic acids is 1. The second kappa shape index (κ2) is 14.7. The van der Waals surface area contributed by atoms with Gasteiger partial charge in [0.1, 0.15) is 0 Å². The molecule has 0 saturated carbocycles. The number of carbonyl (C=O) groups is 2. The molecule has 2 saturated heterocycles. The number of aliphatic hydroxyl groups excluding tert-OH is 2. The van der Waals surface area contributed by atoms with Gasteiger partial charge in [-0.25, -0.2) is 0 Å². The number of carbonyl (C=O) groups excluding carboxylic acids is 1. The Morgan fingerprint density at radius 3 is 2.40 bits per heavy atom. The van der Waals surface area contributed by atoms with E-state index in [1.165, 1.54) is 0 Å². The van der Waals surface area contributed by atoms with Gasteiger partial charge in [-0.3, -0.25) is 14.5 Å².